The van der Waals surface area contributed by atoms with Crippen LogP contribution in [0.2, 0.25) is 5.02 Å². The van der Waals surface area contributed by atoms with E-state index in [0.717, 1.165) is 5.69 Å². The Hall–Kier alpha value is -0.500. The molecular weight excluding hydrogens is 165 g/mol. The highest BCUT2D eigenvalue weighted by molar-refractivity contribution is 6.31. The summed E-state index contributed by atoms with van der Waals surface area (Å²) in [5.41, 5.74) is 0.623. The van der Waals surface area contributed by atoms with Gasteiger partial charge in [-0.2, -0.15) is 4.39 Å². The third-order valence-corrected chi connectivity index (χ3v) is 1.78. The number of halogens is 2. The molecule has 0 radical (unpaired) electrons. The Morgan fingerprint density at radius 2 is 2.00 bits per heavy atom. The van der Waals surface area contributed by atoms with E-state index in [9.17, 15) is 4.39 Å². The van der Waals surface area contributed by atoms with Crippen LogP contribution in [0.15, 0.2) is 6.07 Å². The summed E-state index contributed by atoms with van der Waals surface area (Å²) in [6, 6.07) is 1.29. The van der Waals surface area contributed by atoms with Crippen LogP contribution in [0.3, 0.4) is 0 Å². The highest BCUT2D eigenvalue weighted by Gasteiger charge is 2.19. The monoisotopic (exact) mass is 175 g/mol. The van der Waals surface area contributed by atoms with Crippen molar-refractivity contribution in [2.75, 3.05) is 0 Å². The first-order chi connectivity index (χ1) is 4.91. The topological polar surface area (TPSA) is 15.8 Å². The quantitative estimate of drug-likeness (QED) is 0.624. The standard InChI is InChI=1S/C8H11ClFN/c1-8(2,3)7-5(9)4-6(10)11-7/h4,11H,1-3H3. The van der Waals surface area contributed by atoms with Crippen molar-refractivity contribution in [3.05, 3.63) is 22.7 Å². The first kappa shape index (κ1) is 8.60. The van der Waals surface area contributed by atoms with Gasteiger partial charge in [0.1, 0.15) is 0 Å². The first-order valence-corrected chi connectivity index (χ1v) is 3.83. The van der Waals surface area contributed by atoms with Gasteiger partial charge in [-0.15, -0.1) is 0 Å². The normalized spacial score (nSPS) is 12.1. The number of aromatic amines is 1. The average molecular weight is 176 g/mol. The van der Waals surface area contributed by atoms with Gasteiger partial charge in [0, 0.05) is 17.2 Å². The summed E-state index contributed by atoms with van der Waals surface area (Å²) in [7, 11) is 0. The molecule has 0 bridgehead atoms. The molecule has 1 N–H and O–H groups in total. The maximum atomic E-state index is 12.6. The SMILES string of the molecule is CC(C)(C)c1[nH]c(F)cc1Cl. The highest BCUT2D eigenvalue weighted by Crippen LogP contribution is 2.28. The van der Waals surface area contributed by atoms with Gasteiger partial charge in [0.15, 0.2) is 5.95 Å². The lowest BCUT2D eigenvalue weighted by molar-refractivity contribution is 0.540. The molecule has 1 aromatic rings. The van der Waals surface area contributed by atoms with Crippen molar-refractivity contribution in [1.29, 1.82) is 0 Å². The molecule has 62 valence electrons. The summed E-state index contributed by atoms with van der Waals surface area (Å²) < 4.78 is 12.6. The minimum atomic E-state index is -0.375. The molecule has 0 aliphatic heterocycles. The molecule has 0 aliphatic rings. The number of nitrogens with one attached hydrogen (secondary N) is 1. The van der Waals surface area contributed by atoms with E-state index in [-0.39, 0.29) is 11.4 Å². The molecule has 0 aromatic carbocycles. The Morgan fingerprint density at radius 3 is 2.18 bits per heavy atom. The van der Waals surface area contributed by atoms with Crippen LogP contribution in [-0.4, -0.2) is 4.98 Å². The molecule has 0 aliphatic carbocycles. The van der Waals surface area contributed by atoms with Crippen molar-refractivity contribution in [2.45, 2.75) is 26.2 Å². The van der Waals surface area contributed by atoms with E-state index in [1.54, 1.807) is 0 Å². The van der Waals surface area contributed by atoms with Crippen molar-refractivity contribution in [3.63, 3.8) is 0 Å². The Kier molecular flexibility index (Phi) is 1.97. The van der Waals surface area contributed by atoms with Crippen LogP contribution < -0.4 is 0 Å². The van der Waals surface area contributed by atoms with E-state index < -0.39 is 0 Å². The lowest BCUT2D eigenvalue weighted by atomic mass is 9.93. The maximum Gasteiger partial charge on any atom is 0.192 e. The predicted molar refractivity (Wildman–Crippen MR) is 44.5 cm³/mol. The number of hydrogen-bond acceptors (Lipinski definition) is 0. The van der Waals surface area contributed by atoms with E-state index in [1.807, 2.05) is 20.8 Å². The molecule has 0 fully saturated rings. The van der Waals surface area contributed by atoms with Gasteiger partial charge in [-0.05, 0) is 0 Å². The molecule has 1 aromatic heterocycles. The van der Waals surface area contributed by atoms with Crippen molar-refractivity contribution in [2.24, 2.45) is 0 Å². The Bertz CT molecular complexity index is 260. The summed E-state index contributed by atoms with van der Waals surface area (Å²) in [5.74, 6) is -0.375. The second-order valence-corrected chi connectivity index (χ2v) is 4.00. The van der Waals surface area contributed by atoms with Crippen molar-refractivity contribution < 1.29 is 4.39 Å². The lowest BCUT2D eigenvalue weighted by Gasteiger charge is -2.16. The van der Waals surface area contributed by atoms with Crippen molar-refractivity contribution in [1.82, 2.24) is 4.98 Å². The Balaban J connectivity index is 3.13. The molecule has 11 heavy (non-hydrogen) atoms. The fraction of sp³-hybridized carbons (Fsp3) is 0.500. The third-order valence-electron chi connectivity index (χ3n) is 1.49. The van der Waals surface area contributed by atoms with Gasteiger partial charge < -0.3 is 4.98 Å². The van der Waals surface area contributed by atoms with E-state index in [4.69, 9.17) is 11.6 Å². The molecule has 1 heterocycles. The van der Waals surface area contributed by atoms with Crippen LogP contribution in [0.25, 0.3) is 0 Å². The van der Waals surface area contributed by atoms with Gasteiger partial charge in [-0.25, -0.2) is 0 Å². The lowest BCUT2D eigenvalue weighted by Crippen LogP contribution is -2.12. The molecule has 0 amide bonds. The molecule has 1 nitrogen and oxygen atoms in total. The highest BCUT2D eigenvalue weighted by atomic mass is 35.5. The fourth-order valence-electron chi connectivity index (χ4n) is 0.944. The minimum absolute atomic E-state index is 0.124. The summed E-state index contributed by atoms with van der Waals surface area (Å²) >= 11 is 5.76. The molecule has 1 rings (SSSR count). The van der Waals surface area contributed by atoms with E-state index in [2.05, 4.69) is 4.98 Å². The second kappa shape index (κ2) is 2.52. The van der Waals surface area contributed by atoms with Gasteiger partial charge in [0.2, 0.25) is 0 Å². The Labute approximate surface area is 70.6 Å². The molecule has 0 saturated carbocycles. The van der Waals surface area contributed by atoms with Gasteiger partial charge in [0.05, 0.1) is 5.02 Å². The van der Waals surface area contributed by atoms with Gasteiger partial charge in [-0.3, -0.25) is 0 Å². The van der Waals surface area contributed by atoms with Crippen LogP contribution in [0.5, 0.6) is 0 Å². The molecule has 0 saturated heterocycles. The van der Waals surface area contributed by atoms with Crippen LogP contribution >= 0.6 is 11.6 Å². The zero-order valence-electron chi connectivity index (χ0n) is 6.83. The largest absolute Gasteiger partial charge is 0.334 e. The zero-order chi connectivity index (χ0) is 8.65. The summed E-state index contributed by atoms with van der Waals surface area (Å²) in [6.45, 7) is 5.93. The summed E-state index contributed by atoms with van der Waals surface area (Å²) in [6.07, 6.45) is 0. The molecule has 3 heteroatoms. The molecular formula is C8H11ClFN. The van der Waals surface area contributed by atoms with E-state index in [1.165, 1.54) is 6.07 Å². The summed E-state index contributed by atoms with van der Waals surface area (Å²) in [5, 5.41) is 0.468. The third kappa shape index (κ3) is 1.74. The molecule has 0 spiro atoms. The zero-order valence-corrected chi connectivity index (χ0v) is 7.59. The molecule has 0 atom stereocenters. The summed E-state index contributed by atoms with van der Waals surface area (Å²) in [4.78, 5) is 2.59. The van der Waals surface area contributed by atoms with Crippen LogP contribution in [0, 0.1) is 5.95 Å². The second-order valence-electron chi connectivity index (χ2n) is 3.59. The van der Waals surface area contributed by atoms with E-state index in [0.29, 0.717) is 5.02 Å². The Morgan fingerprint density at radius 1 is 1.45 bits per heavy atom. The van der Waals surface area contributed by atoms with Gasteiger partial charge >= 0.3 is 0 Å². The minimum Gasteiger partial charge on any atom is -0.334 e. The smallest absolute Gasteiger partial charge is 0.192 e. The fourth-order valence-corrected chi connectivity index (χ4v) is 1.37. The molecule has 0 unspecified atom stereocenters. The maximum absolute atomic E-state index is 12.6. The van der Waals surface area contributed by atoms with Crippen LogP contribution in [0.1, 0.15) is 26.5 Å². The first-order valence-electron chi connectivity index (χ1n) is 3.46. The van der Waals surface area contributed by atoms with Crippen LogP contribution in [0.4, 0.5) is 4.39 Å². The van der Waals surface area contributed by atoms with Crippen molar-refractivity contribution in [3.8, 4) is 0 Å². The predicted octanol–water partition coefficient (Wildman–Crippen LogP) is 3.10. The van der Waals surface area contributed by atoms with Crippen LogP contribution in [-0.2, 0) is 5.41 Å². The number of aromatic nitrogens is 1. The van der Waals surface area contributed by atoms with E-state index >= 15 is 0 Å². The number of H-pyrrole nitrogens is 1. The van der Waals surface area contributed by atoms with Gasteiger partial charge in [0.25, 0.3) is 0 Å². The van der Waals surface area contributed by atoms with Gasteiger partial charge in [-0.1, -0.05) is 32.4 Å². The van der Waals surface area contributed by atoms with Crippen molar-refractivity contribution >= 4 is 11.6 Å². The average Bonchev–Trinajstić information content (AvgIpc) is 2.08. The number of rotatable bonds is 0. The number of hydrogen-bond donors (Lipinski definition) is 1.